The lowest BCUT2D eigenvalue weighted by Crippen LogP contribution is -2.37. The summed E-state index contributed by atoms with van der Waals surface area (Å²) in [6, 6.07) is 11.8. The number of rotatable bonds is 4. The van der Waals surface area contributed by atoms with Crippen molar-refractivity contribution in [3.63, 3.8) is 0 Å². The van der Waals surface area contributed by atoms with Crippen molar-refractivity contribution in [2.75, 3.05) is 0 Å². The van der Waals surface area contributed by atoms with Crippen LogP contribution in [0.1, 0.15) is 21.5 Å². The Hall–Kier alpha value is -3.16. The molecule has 0 amide bonds. The molecule has 2 aromatic heterocycles. The molecule has 7 nitrogen and oxygen atoms in total. The zero-order valence-corrected chi connectivity index (χ0v) is 17.6. The topological polar surface area (TPSA) is 78.9 Å². The SMILES string of the molecule is Cn1c(=O)c2c(ncn2Cc2ccc(C(=O)c3ccc(Cl)cc3Cl)cc2)n(C)c1=O. The number of hydrogen-bond donors (Lipinski definition) is 0. The number of fused-ring (bicyclic) bond motifs is 1. The number of ketones is 1. The van der Waals surface area contributed by atoms with Crippen LogP contribution in [0.4, 0.5) is 0 Å². The molecule has 9 heteroatoms. The molecule has 30 heavy (non-hydrogen) atoms. The Balaban J connectivity index is 1.66. The summed E-state index contributed by atoms with van der Waals surface area (Å²) >= 11 is 12.0. The summed E-state index contributed by atoms with van der Waals surface area (Å²) < 4.78 is 4.08. The average Bonchev–Trinajstić information content (AvgIpc) is 3.14. The van der Waals surface area contributed by atoms with Gasteiger partial charge in [0.1, 0.15) is 0 Å². The fraction of sp³-hybridized carbons (Fsp3) is 0.143. The van der Waals surface area contributed by atoms with E-state index in [4.69, 9.17) is 23.2 Å². The van der Waals surface area contributed by atoms with Crippen molar-refractivity contribution in [1.82, 2.24) is 18.7 Å². The van der Waals surface area contributed by atoms with Crippen LogP contribution in [-0.4, -0.2) is 24.5 Å². The van der Waals surface area contributed by atoms with Crippen molar-refractivity contribution >= 4 is 40.1 Å². The first-order chi connectivity index (χ1) is 14.3. The van der Waals surface area contributed by atoms with Crippen molar-refractivity contribution in [1.29, 1.82) is 0 Å². The number of aromatic nitrogens is 4. The van der Waals surface area contributed by atoms with Crippen LogP contribution in [0.15, 0.2) is 58.4 Å². The van der Waals surface area contributed by atoms with E-state index in [-0.39, 0.29) is 5.78 Å². The predicted molar refractivity (Wildman–Crippen MR) is 116 cm³/mol. The number of hydrogen-bond acceptors (Lipinski definition) is 4. The second-order valence-corrected chi connectivity index (χ2v) is 7.74. The molecular formula is C21H16Cl2N4O3. The van der Waals surface area contributed by atoms with E-state index >= 15 is 0 Å². The van der Waals surface area contributed by atoms with Gasteiger partial charge in [-0.05, 0) is 23.8 Å². The Morgan fingerprint density at radius 1 is 1.00 bits per heavy atom. The second-order valence-electron chi connectivity index (χ2n) is 6.90. The zero-order chi connectivity index (χ0) is 21.6. The molecule has 0 saturated carbocycles. The van der Waals surface area contributed by atoms with Crippen LogP contribution < -0.4 is 11.2 Å². The van der Waals surface area contributed by atoms with Crippen LogP contribution in [0, 0.1) is 0 Å². The third-order valence-electron chi connectivity index (χ3n) is 4.96. The van der Waals surface area contributed by atoms with E-state index in [1.807, 2.05) is 0 Å². The van der Waals surface area contributed by atoms with E-state index in [1.165, 1.54) is 24.0 Å². The molecule has 4 aromatic rings. The van der Waals surface area contributed by atoms with Gasteiger partial charge in [-0.25, -0.2) is 9.78 Å². The van der Waals surface area contributed by atoms with Crippen molar-refractivity contribution in [3.8, 4) is 0 Å². The molecule has 0 aliphatic heterocycles. The van der Waals surface area contributed by atoms with Crippen molar-refractivity contribution in [2.24, 2.45) is 14.1 Å². The smallest absolute Gasteiger partial charge is 0.320 e. The normalized spacial score (nSPS) is 11.2. The molecule has 0 unspecified atom stereocenters. The Morgan fingerprint density at radius 2 is 1.70 bits per heavy atom. The first kappa shape index (κ1) is 20.1. The lowest BCUT2D eigenvalue weighted by Gasteiger charge is -2.08. The monoisotopic (exact) mass is 442 g/mol. The Kier molecular flexibility index (Phi) is 5.09. The van der Waals surface area contributed by atoms with Crippen LogP contribution in [0.3, 0.4) is 0 Å². The molecule has 0 aliphatic carbocycles. The van der Waals surface area contributed by atoms with Crippen LogP contribution >= 0.6 is 23.2 Å². The fourth-order valence-corrected chi connectivity index (χ4v) is 3.80. The van der Waals surface area contributed by atoms with Gasteiger partial charge in [0, 0.05) is 36.8 Å². The molecule has 0 aliphatic rings. The Labute approximate surface area is 180 Å². The molecule has 0 spiro atoms. The van der Waals surface area contributed by atoms with Crippen molar-refractivity contribution < 1.29 is 4.79 Å². The summed E-state index contributed by atoms with van der Waals surface area (Å²) in [7, 11) is 3.01. The number of carbonyl (C=O) groups is 1. The third kappa shape index (κ3) is 3.36. The number of imidazole rings is 1. The van der Waals surface area contributed by atoms with E-state index in [0.29, 0.717) is 38.9 Å². The Morgan fingerprint density at radius 3 is 2.37 bits per heavy atom. The van der Waals surface area contributed by atoms with Gasteiger partial charge in [-0.2, -0.15) is 0 Å². The van der Waals surface area contributed by atoms with E-state index in [2.05, 4.69) is 4.98 Å². The summed E-state index contributed by atoms with van der Waals surface area (Å²) in [5.41, 5.74) is 1.55. The molecule has 0 bridgehead atoms. The molecular weight excluding hydrogens is 427 g/mol. The van der Waals surface area contributed by atoms with Gasteiger partial charge in [0.2, 0.25) is 0 Å². The summed E-state index contributed by atoms with van der Waals surface area (Å²) in [6.07, 6.45) is 1.53. The number of benzene rings is 2. The molecule has 0 fully saturated rings. The van der Waals surface area contributed by atoms with Crippen molar-refractivity contribution in [2.45, 2.75) is 6.54 Å². The Bertz CT molecular complexity index is 1420. The highest BCUT2D eigenvalue weighted by atomic mass is 35.5. The molecule has 0 N–H and O–H groups in total. The fourth-order valence-electron chi connectivity index (χ4n) is 3.30. The second kappa shape index (κ2) is 7.59. The van der Waals surface area contributed by atoms with Gasteiger partial charge in [0.05, 0.1) is 11.3 Å². The first-order valence-electron chi connectivity index (χ1n) is 8.97. The predicted octanol–water partition coefficient (Wildman–Crippen LogP) is 3.02. The minimum Gasteiger partial charge on any atom is -0.320 e. The molecule has 0 radical (unpaired) electrons. The minimum atomic E-state index is -0.429. The van der Waals surface area contributed by atoms with Gasteiger partial charge in [0.15, 0.2) is 16.9 Å². The van der Waals surface area contributed by atoms with E-state index in [9.17, 15) is 14.4 Å². The lowest BCUT2D eigenvalue weighted by molar-refractivity contribution is 0.103. The van der Waals surface area contributed by atoms with Gasteiger partial charge < -0.3 is 4.57 Å². The van der Waals surface area contributed by atoms with E-state index in [1.54, 1.807) is 48.0 Å². The average molecular weight is 443 g/mol. The maximum atomic E-state index is 12.7. The summed E-state index contributed by atoms with van der Waals surface area (Å²) in [6.45, 7) is 0.361. The number of carbonyl (C=O) groups excluding carboxylic acids is 1. The van der Waals surface area contributed by atoms with Gasteiger partial charge in [-0.3, -0.25) is 18.7 Å². The van der Waals surface area contributed by atoms with Gasteiger partial charge in [-0.15, -0.1) is 0 Å². The van der Waals surface area contributed by atoms with E-state index < -0.39 is 11.2 Å². The van der Waals surface area contributed by atoms with Crippen molar-refractivity contribution in [3.05, 3.63) is 96.4 Å². The van der Waals surface area contributed by atoms with Crippen LogP contribution in [-0.2, 0) is 20.6 Å². The van der Waals surface area contributed by atoms with Gasteiger partial charge >= 0.3 is 5.69 Å². The standard InChI is InChI=1S/C21H16Cl2N4O3/c1-25-19-17(20(29)26(2)21(25)30)27(11-24-19)10-12-3-5-13(6-4-12)18(28)15-8-7-14(22)9-16(15)23/h3-9,11H,10H2,1-2H3. The van der Waals surface area contributed by atoms with Crippen LogP contribution in [0.5, 0.6) is 0 Å². The molecule has 4 rings (SSSR count). The number of nitrogens with zero attached hydrogens (tertiary/aromatic N) is 4. The van der Waals surface area contributed by atoms with Crippen LogP contribution in [0.25, 0.3) is 11.2 Å². The number of halogens is 2. The maximum Gasteiger partial charge on any atom is 0.332 e. The molecule has 0 saturated heterocycles. The minimum absolute atomic E-state index is 0.208. The quantitative estimate of drug-likeness (QED) is 0.455. The summed E-state index contributed by atoms with van der Waals surface area (Å²) in [5, 5.41) is 0.756. The highest BCUT2D eigenvalue weighted by molar-refractivity contribution is 6.37. The van der Waals surface area contributed by atoms with Crippen LogP contribution in [0.2, 0.25) is 10.0 Å². The summed E-state index contributed by atoms with van der Waals surface area (Å²) in [4.78, 5) is 41.5. The molecule has 2 aromatic carbocycles. The lowest BCUT2D eigenvalue weighted by atomic mass is 10.0. The zero-order valence-electron chi connectivity index (χ0n) is 16.1. The summed E-state index contributed by atoms with van der Waals surface area (Å²) in [5.74, 6) is -0.208. The third-order valence-corrected chi connectivity index (χ3v) is 5.51. The van der Waals surface area contributed by atoms with E-state index in [0.717, 1.165) is 10.1 Å². The highest BCUT2D eigenvalue weighted by Crippen LogP contribution is 2.23. The largest absolute Gasteiger partial charge is 0.332 e. The van der Waals surface area contributed by atoms with Gasteiger partial charge in [-0.1, -0.05) is 47.5 Å². The number of aryl methyl sites for hydroxylation is 1. The first-order valence-corrected chi connectivity index (χ1v) is 9.73. The molecule has 152 valence electrons. The molecule has 0 atom stereocenters. The molecule has 2 heterocycles. The highest BCUT2D eigenvalue weighted by Gasteiger charge is 2.16. The van der Waals surface area contributed by atoms with Gasteiger partial charge in [0.25, 0.3) is 5.56 Å². The maximum absolute atomic E-state index is 12.7.